The van der Waals surface area contributed by atoms with E-state index in [9.17, 15) is 0 Å². The van der Waals surface area contributed by atoms with Crippen LogP contribution in [0.5, 0.6) is 5.75 Å². The van der Waals surface area contributed by atoms with Gasteiger partial charge in [0.2, 0.25) is 5.16 Å². The molecular weight excluding hydrogens is 488 g/mol. The van der Waals surface area contributed by atoms with Crippen LogP contribution in [0.4, 0.5) is 5.95 Å². The average molecular weight is 509 g/mol. The molecule has 162 valence electrons. The smallest absolute Gasteiger partial charge is 0.264 e. The number of nitrogens with zero attached hydrogens (tertiary/aromatic N) is 4. The molecule has 4 rings (SSSR count). The first-order valence-electron chi connectivity index (χ1n) is 9.81. The predicted octanol–water partition coefficient (Wildman–Crippen LogP) is 5.07. The molecule has 0 radical (unpaired) electrons. The third kappa shape index (κ3) is 5.89. The van der Waals surface area contributed by atoms with E-state index in [1.807, 2.05) is 66.7 Å². The Morgan fingerprint density at radius 1 is 1.00 bits per heavy atom. The molecular formula is C23H21BrN6OS. The van der Waals surface area contributed by atoms with Crippen LogP contribution in [0.1, 0.15) is 16.7 Å². The van der Waals surface area contributed by atoms with E-state index in [1.54, 1.807) is 6.21 Å². The van der Waals surface area contributed by atoms with Gasteiger partial charge in [0.1, 0.15) is 12.4 Å². The molecule has 3 aromatic carbocycles. The van der Waals surface area contributed by atoms with Gasteiger partial charge in [0, 0.05) is 15.8 Å². The highest BCUT2D eigenvalue weighted by Crippen LogP contribution is 2.23. The van der Waals surface area contributed by atoms with E-state index in [4.69, 9.17) is 10.6 Å². The molecule has 0 atom stereocenters. The average Bonchev–Trinajstić information content (AvgIpc) is 3.17. The summed E-state index contributed by atoms with van der Waals surface area (Å²) in [5, 5.41) is 13.1. The van der Waals surface area contributed by atoms with Crippen molar-refractivity contribution in [3.63, 3.8) is 0 Å². The number of para-hydroxylation sites is 1. The summed E-state index contributed by atoms with van der Waals surface area (Å²) in [5.41, 5.74) is 5.94. The summed E-state index contributed by atoms with van der Waals surface area (Å²) in [7, 11) is 0. The van der Waals surface area contributed by atoms with Crippen molar-refractivity contribution in [2.45, 2.75) is 17.5 Å². The summed E-state index contributed by atoms with van der Waals surface area (Å²) in [4.78, 5) is 0. The Labute approximate surface area is 198 Å². The fraction of sp³-hybridized carbons (Fsp3) is 0.0870. The number of nitrogen functional groups attached to an aromatic ring is 1. The van der Waals surface area contributed by atoms with Crippen molar-refractivity contribution in [3.8, 4) is 5.75 Å². The zero-order chi connectivity index (χ0) is 22.2. The van der Waals surface area contributed by atoms with Gasteiger partial charge < -0.3 is 10.6 Å². The van der Waals surface area contributed by atoms with E-state index >= 15 is 0 Å². The lowest BCUT2D eigenvalue weighted by molar-refractivity contribution is 0.306. The number of nitrogens with one attached hydrogen (secondary N) is 1. The van der Waals surface area contributed by atoms with Gasteiger partial charge in [-0.1, -0.05) is 82.3 Å². The van der Waals surface area contributed by atoms with Crippen LogP contribution in [0.2, 0.25) is 0 Å². The number of thioether (sulfide) groups is 1. The molecule has 0 fully saturated rings. The van der Waals surface area contributed by atoms with Crippen LogP contribution in [0.25, 0.3) is 0 Å². The zero-order valence-electron chi connectivity index (χ0n) is 17.1. The van der Waals surface area contributed by atoms with Gasteiger partial charge in [-0.2, -0.15) is 5.10 Å². The van der Waals surface area contributed by atoms with Crippen molar-refractivity contribution < 1.29 is 4.74 Å². The standard InChI is InChI=1S/C23H21BrN6OS/c24-20-11-6-9-18(13-20)16-32-23-29-28-22(30(23)25)27-26-14-19-10-4-5-12-21(19)31-15-17-7-2-1-3-8-17/h1-14H,15-16,25H2,(H,27,28)/b26-14+. The maximum Gasteiger partial charge on any atom is 0.264 e. The summed E-state index contributed by atoms with van der Waals surface area (Å²) >= 11 is 4.98. The van der Waals surface area contributed by atoms with Crippen molar-refractivity contribution in [1.29, 1.82) is 0 Å². The minimum absolute atomic E-state index is 0.348. The predicted molar refractivity (Wildman–Crippen MR) is 132 cm³/mol. The molecule has 7 nitrogen and oxygen atoms in total. The minimum Gasteiger partial charge on any atom is -0.488 e. The summed E-state index contributed by atoms with van der Waals surface area (Å²) in [6.07, 6.45) is 1.67. The molecule has 9 heteroatoms. The maximum absolute atomic E-state index is 6.12. The number of anilines is 1. The largest absolute Gasteiger partial charge is 0.488 e. The molecule has 0 saturated heterocycles. The molecule has 0 amide bonds. The van der Waals surface area contributed by atoms with E-state index in [2.05, 4.69) is 48.8 Å². The monoisotopic (exact) mass is 508 g/mol. The van der Waals surface area contributed by atoms with E-state index < -0.39 is 0 Å². The van der Waals surface area contributed by atoms with Crippen molar-refractivity contribution in [2.75, 3.05) is 11.3 Å². The van der Waals surface area contributed by atoms with Gasteiger partial charge >= 0.3 is 0 Å². The van der Waals surface area contributed by atoms with E-state index in [-0.39, 0.29) is 0 Å². The van der Waals surface area contributed by atoms with Crippen LogP contribution in [0.15, 0.2) is 93.6 Å². The third-order valence-corrected chi connectivity index (χ3v) is 5.95. The maximum atomic E-state index is 6.12. The second-order valence-corrected chi connectivity index (χ2v) is 8.64. The van der Waals surface area contributed by atoms with Crippen molar-refractivity contribution >= 4 is 39.9 Å². The van der Waals surface area contributed by atoms with E-state index in [1.165, 1.54) is 16.4 Å². The molecule has 0 aliphatic heterocycles. The first kappa shape index (κ1) is 21.9. The van der Waals surface area contributed by atoms with Crippen molar-refractivity contribution in [3.05, 3.63) is 100 Å². The Hall–Kier alpha value is -3.30. The summed E-state index contributed by atoms with van der Waals surface area (Å²) < 4.78 is 8.38. The van der Waals surface area contributed by atoms with Gasteiger partial charge in [0.05, 0.1) is 6.21 Å². The highest BCUT2D eigenvalue weighted by atomic mass is 79.9. The fourth-order valence-electron chi connectivity index (χ4n) is 2.84. The van der Waals surface area contributed by atoms with Gasteiger partial charge in [0.15, 0.2) is 0 Å². The van der Waals surface area contributed by atoms with Crippen molar-refractivity contribution in [2.24, 2.45) is 5.10 Å². The molecule has 3 N–H and O–H groups in total. The quantitative estimate of drug-likeness (QED) is 0.142. The number of aromatic nitrogens is 3. The first-order valence-corrected chi connectivity index (χ1v) is 11.6. The van der Waals surface area contributed by atoms with Crippen LogP contribution in [-0.2, 0) is 12.4 Å². The summed E-state index contributed by atoms with van der Waals surface area (Å²) in [6.45, 7) is 0.481. The number of hydrazone groups is 1. The number of benzene rings is 3. The fourth-order valence-corrected chi connectivity index (χ4v) is 4.09. The SMILES string of the molecule is Nn1c(N/N=C/c2ccccc2OCc2ccccc2)nnc1SCc1cccc(Br)c1. The Kier molecular flexibility index (Phi) is 7.42. The van der Waals surface area contributed by atoms with E-state index in [0.717, 1.165) is 32.7 Å². The molecule has 0 aliphatic rings. The van der Waals surface area contributed by atoms with Gasteiger partial charge in [-0.25, -0.2) is 10.1 Å². The van der Waals surface area contributed by atoms with Crippen molar-refractivity contribution in [1.82, 2.24) is 14.9 Å². The topological polar surface area (TPSA) is 90.3 Å². The lowest BCUT2D eigenvalue weighted by Crippen LogP contribution is -2.13. The van der Waals surface area contributed by atoms with Crippen LogP contribution in [-0.4, -0.2) is 21.1 Å². The lowest BCUT2D eigenvalue weighted by Gasteiger charge is -2.09. The highest BCUT2D eigenvalue weighted by Gasteiger charge is 2.10. The Morgan fingerprint density at radius 3 is 2.62 bits per heavy atom. The highest BCUT2D eigenvalue weighted by molar-refractivity contribution is 9.10. The third-order valence-electron chi connectivity index (χ3n) is 4.45. The first-order chi connectivity index (χ1) is 15.7. The number of hydrogen-bond acceptors (Lipinski definition) is 7. The number of halogens is 1. The second kappa shape index (κ2) is 10.8. The van der Waals surface area contributed by atoms with Gasteiger partial charge in [0.25, 0.3) is 5.95 Å². The summed E-state index contributed by atoms with van der Waals surface area (Å²) in [6, 6.07) is 25.8. The number of rotatable bonds is 9. The molecule has 4 aromatic rings. The van der Waals surface area contributed by atoms with Gasteiger partial charge in [-0.05, 0) is 35.4 Å². The second-order valence-electron chi connectivity index (χ2n) is 6.78. The lowest BCUT2D eigenvalue weighted by atomic mass is 10.2. The number of ether oxygens (including phenoxy) is 1. The number of nitrogens with two attached hydrogens (primary N) is 1. The molecule has 32 heavy (non-hydrogen) atoms. The molecule has 1 aromatic heterocycles. The zero-order valence-corrected chi connectivity index (χ0v) is 19.5. The van der Waals surface area contributed by atoms with E-state index in [0.29, 0.717) is 17.7 Å². The van der Waals surface area contributed by atoms with Gasteiger partial charge in [-0.3, -0.25) is 0 Å². The Balaban J connectivity index is 1.36. The number of hydrogen-bond donors (Lipinski definition) is 2. The molecule has 0 spiro atoms. The minimum atomic E-state index is 0.348. The van der Waals surface area contributed by atoms with Crippen LogP contribution >= 0.6 is 27.7 Å². The molecule has 0 saturated carbocycles. The van der Waals surface area contributed by atoms with Gasteiger partial charge in [-0.15, -0.1) is 10.2 Å². The van der Waals surface area contributed by atoms with Crippen LogP contribution < -0.4 is 16.0 Å². The molecule has 0 bridgehead atoms. The molecule has 1 heterocycles. The molecule has 0 aliphatic carbocycles. The Bertz CT molecular complexity index is 1200. The molecule has 0 unspecified atom stereocenters. The Morgan fingerprint density at radius 2 is 1.78 bits per heavy atom. The van der Waals surface area contributed by atoms with Crippen LogP contribution in [0, 0.1) is 0 Å². The van der Waals surface area contributed by atoms with Crippen LogP contribution in [0.3, 0.4) is 0 Å². The normalized spacial score (nSPS) is 11.0. The summed E-state index contributed by atoms with van der Waals surface area (Å²) in [5.74, 6) is 7.93.